The van der Waals surface area contributed by atoms with Crippen molar-refractivity contribution in [3.63, 3.8) is 0 Å². The van der Waals surface area contributed by atoms with Gasteiger partial charge in [-0.25, -0.2) is 4.79 Å². The standard InChI is InChI=1S/C11H24N2O3/c1-4-7-8-9-12-11(5-2,10(14)15)13(16)6-3/h12,16H,4-9H2,1-3H3,(H,14,15). The van der Waals surface area contributed by atoms with Crippen LogP contribution in [0.4, 0.5) is 0 Å². The fraction of sp³-hybridized carbons (Fsp3) is 0.909. The molecule has 0 saturated heterocycles. The third-order valence-corrected chi connectivity index (χ3v) is 2.80. The number of nitrogens with one attached hydrogen (secondary N) is 1. The van der Waals surface area contributed by atoms with Gasteiger partial charge < -0.3 is 10.3 Å². The SMILES string of the molecule is CCCCCNC(CC)(C(=O)O)N(O)CC. The van der Waals surface area contributed by atoms with Crippen LogP contribution < -0.4 is 5.32 Å². The van der Waals surface area contributed by atoms with E-state index in [0.717, 1.165) is 24.3 Å². The fourth-order valence-electron chi connectivity index (χ4n) is 1.68. The Kier molecular flexibility index (Phi) is 7.29. The molecule has 5 nitrogen and oxygen atoms in total. The van der Waals surface area contributed by atoms with Crippen LogP contribution in [0.2, 0.25) is 0 Å². The van der Waals surface area contributed by atoms with Crippen LogP contribution in [0.15, 0.2) is 0 Å². The first kappa shape index (κ1) is 15.3. The predicted octanol–water partition coefficient (Wildman–Crippen LogP) is 1.67. The van der Waals surface area contributed by atoms with E-state index in [1.54, 1.807) is 13.8 Å². The molecule has 0 saturated carbocycles. The number of likely N-dealkylation sites (N-methyl/N-ethyl adjacent to an activating group) is 1. The molecule has 5 heteroatoms. The van der Waals surface area contributed by atoms with Crippen molar-refractivity contribution >= 4 is 5.97 Å². The van der Waals surface area contributed by atoms with E-state index in [2.05, 4.69) is 12.2 Å². The Morgan fingerprint density at radius 1 is 1.31 bits per heavy atom. The number of hydrogen-bond acceptors (Lipinski definition) is 4. The lowest BCUT2D eigenvalue weighted by molar-refractivity contribution is -0.205. The van der Waals surface area contributed by atoms with E-state index in [9.17, 15) is 15.1 Å². The number of aliphatic carboxylic acids is 1. The van der Waals surface area contributed by atoms with Crippen LogP contribution in [-0.2, 0) is 4.79 Å². The molecular formula is C11H24N2O3. The Morgan fingerprint density at radius 3 is 2.31 bits per heavy atom. The summed E-state index contributed by atoms with van der Waals surface area (Å²) in [6, 6.07) is 0. The molecule has 0 amide bonds. The highest BCUT2D eigenvalue weighted by Gasteiger charge is 2.41. The first-order chi connectivity index (χ1) is 7.55. The minimum absolute atomic E-state index is 0.279. The summed E-state index contributed by atoms with van der Waals surface area (Å²) >= 11 is 0. The number of rotatable bonds is 9. The third-order valence-electron chi connectivity index (χ3n) is 2.80. The van der Waals surface area contributed by atoms with Crippen molar-refractivity contribution in [2.24, 2.45) is 0 Å². The van der Waals surface area contributed by atoms with Gasteiger partial charge in [-0.15, -0.1) is 0 Å². The van der Waals surface area contributed by atoms with Crippen molar-refractivity contribution in [3.8, 4) is 0 Å². The van der Waals surface area contributed by atoms with Crippen LogP contribution in [0.5, 0.6) is 0 Å². The number of carboxylic acid groups (broad SMARTS) is 1. The molecule has 1 unspecified atom stereocenters. The number of nitrogens with zero attached hydrogens (tertiary/aromatic N) is 1. The predicted molar refractivity (Wildman–Crippen MR) is 62.4 cm³/mol. The quantitative estimate of drug-likeness (QED) is 0.320. The molecule has 0 aliphatic carbocycles. The summed E-state index contributed by atoms with van der Waals surface area (Å²) in [5.41, 5.74) is -1.34. The number of carboxylic acids is 1. The molecule has 0 aromatic rings. The Morgan fingerprint density at radius 2 is 1.94 bits per heavy atom. The van der Waals surface area contributed by atoms with Crippen molar-refractivity contribution in [2.75, 3.05) is 13.1 Å². The number of unbranched alkanes of at least 4 members (excludes halogenated alkanes) is 2. The zero-order valence-corrected chi connectivity index (χ0v) is 10.5. The second-order valence-electron chi connectivity index (χ2n) is 3.87. The van der Waals surface area contributed by atoms with Gasteiger partial charge in [-0.05, 0) is 26.3 Å². The topological polar surface area (TPSA) is 72.8 Å². The van der Waals surface area contributed by atoms with Gasteiger partial charge in [0.25, 0.3) is 0 Å². The van der Waals surface area contributed by atoms with E-state index in [-0.39, 0.29) is 6.54 Å². The molecule has 0 rings (SSSR count). The van der Waals surface area contributed by atoms with Crippen LogP contribution in [0.25, 0.3) is 0 Å². The van der Waals surface area contributed by atoms with Gasteiger partial charge in [-0.3, -0.25) is 5.32 Å². The summed E-state index contributed by atoms with van der Waals surface area (Å²) in [7, 11) is 0. The Balaban J connectivity index is 4.46. The zero-order chi connectivity index (χ0) is 12.6. The first-order valence-electron chi connectivity index (χ1n) is 6.00. The molecule has 0 bridgehead atoms. The summed E-state index contributed by atoms with van der Waals surface area (Å²) in [6.45, 7) is 6.45. The van der Waals surface area contributed by atoms with Gasteiger partial charge in [-0.1, -0.05) is 26.7 Å². The molecule has 3 N–H and O–H groups in total. The smallest absolute Gasteiger partial charge is 0.341 e. The molecular weight excluding hydrogens is 208 g/mol. The summed E-state index contributed by atoms with van der Waals surface area (Å²) in [5.74, 6) is -1.03. The molecule has 0 spiro atoms. The van der Waals surface area contributed by atoms with Crippen molar-refractivity contribution in [3.05, 3.63) is 0 Å². The van der Waals surface area contributed by atoms with Crippen LogP contribution >= 0.6 is 0 Å². The number of carbonyl (C=O) groups is 1. The van der Waals surface area contributed by atoms with Crippen LogP contribution in [-0.4, -0.2) is 40.1 Å². The van der Waals surface area contributed by atoms with Crippen molar-refractivity contribution in [1.82, 2.24) is 10.4 Å². The highest BCUT2D eigenvalue weighted by molar-refractivity contribution is 5.77. The molecule has 0 aromatic carbocycles. The lowest BCUT2D eigenvalue weighted by atomic mass is 10.1. The van der Waals surface area contributed by atoms with Gasteiger partial charge in [0.05, 0.1) is 0 Å². The fourth-order valence-corrected chi connectivity index (χ4v) is 1.68. The van der Waals surface area contributed by atoms with Gasteiger partial charge >= 0.3 is 5.97 Å². The van der Waals surface area contributed by atoms with Gasteiger partial charge in [0, 0.05) is 6.54 Å². The second-order valence-corrected chi connectivity index (χ2v) is 3.87. The van der Waals surface area contributed by atoms with E-state index in [4.69, 9.17) is 0 Å². The lowest BCUT2D eigenvalue weighted by Crippen LogP contribution is -2.62. The molecule has 96 valence electrons. The normalized spacial score (nSPS) is 15.1. The maximum absolute atomic E-state index is 11.3. The summed E-state index contributed by atoms with van der Waals surface area (Å²) in [4.78, 5) is 11.3. The lowest BCUT2D eigenvalue weighted by Gasteiger charge is -2.35. The van der Waals surface area contributed by atoms with Gasteiger partial charge in [0.2, 0.25) is 0 Å². The molecule has 0 aliphatic heterocycles. The highest BCUT2D eigenvalue weighted by Crippen LogP contribution is 2.15. The van der Waals surface area contributed by atoms with E-state index in [1.165, 1.54) is 0 Å². The molecule has 16 heavy (non-hydrogen) atoms. The first-order valence-corrected chi connectivity index (χ1v) is 6.00. The number of hydroxylamine groups is 2. The number of hydrogen-bond donors (Lipinski definition) is 3. The molecule has 0 aliphatic rings. The van der Waals surface area contributed by atoms with E-state index < -0.39 is 11.6 Å². The largest absolute Gasteiger partial charge is 0.479 e. The zero-order valence-electron chi connectivity index (χ0n) is 10.5. The van der Waals surface area contributed by atoms with E-state index >= 15 is 0 Å². The minimum Gasteiger partial charge on any atom is -0.479 e. The minimum atomic E-state index is -1.34. The van der Waals surface area contributed by atoms with Crippen molar-refractivity contribution in [2.45, 2.75) is 52.1 Å². The van der Waals surface area contributed by atoms with E-state index in [0.29, 0.717) is 13.0 Å². The summed E-state index contributed by atoms with van der Waals surface area (Å²) in [6.07, 6.45) is 3.39. The van der Waals surface area contributed by atoms with Crippen LogP contribution in [0, 0.1) is 0 Å². The van der Waals surface area contributed by atoms with Crippen LogP contribution in [0.1, 0.15) is 46.5 Å². The summed E-state index contributed by atoms with van der Waals surface area (Å²) < 4.78 is 0. The van der Waals surface area contributed by atoms with Gasteiger partial charge in [-0.2, -0.15) is 5.06 Å². The highest BCUT2D eigenvalue weighted by atomic mass is 16.5. The van der Waals surface area contributed by atoms with Gasteiger partial charge in [0.15, 0.2) is 5.66 Å². The third kappa shape index (κ3) is 3.73. The average molecular weight is 232 g/mol. The molecule has 0 heterocycles. The maximum atomic E-state index is 11.3. The maximum Gasteiger partial charge on any atom is 0.341 e. The molecule has 1 atom stereocenters. The average Bonchev–Trinajstić information content (AvgIpc) is 2.28. The Hall–Kier alpha value is -0.650. The van der Waals surface area contributed by atoms with Crippen molar-refractivity contribution < 1.29 is 15.1 Å². The summed E-state index contributed by atoms with van der Waals surface area (Å²) in [5, 5.41) is 22.7. The molecule has 0 aromatic heterocycles. The molecule has 0 radical (unpaired) electrons. The monoisotopic (exact) mass is 232 g/mol. The Labute approximate surface area is 97.4 Å². The van der Waals surface area contributed by atoms with Crippen LogP contribution in [0.3, 0.4) is 0 Å². The second kappa shape index (κ2) is 7.60. The molecule has 0 fully saturated rings. The van der Waals surface area contributed by atoms with Gasteiger partial charge in [0.1, 0.15) is 0 Å². The Bertz CT molecular complexity index is 211. The van der Waals surface area contributed by atoms with Crippen molar-refractivity contribution in [1.29, 1.82) is 0 Å². The van der Waals surface area contributed by atoms with E-state index in [1.807, 2.05) is 0 Å².